The van der Waals surface area contributed by atoms with Crippen molar-refractivity contribution in [1.29, 1.82) is 0 Å². The van der Waals surface area contributed by atoms with E-state index in [0.29, 0.717) is 6.42 Å². The van der Waals surface area contributed by atoms with Crippen LogP contribution in [0.15, 0.2) is 5.11 Å². The zero-order valence-electron chi connectivity index (χ0n) is 11.7. The average molecular weight is 272 g/mol. The van der Waals surface area contributed by atoms with E-state index in [1.165, 1.54) is 0 Å². The maximum Gasteiger partial charge on any atom is 0.411 e. The van der Waals surface area contributed by atoms with Crippen LogP contribution in [0.25, 0.3) is 10.4 Å². The van der Waals surface area contributed by atoms with Crippen molar-refractivity contribution >= 4 is 12.1 Å². The largest absolute Gasteiger partial charge is 0.480 e. The van der Waals surface area contributed by atoms with Crippen LogP contribution in [0.1, 0.15) is 34.1 Å². The second-order valence-corrected chi connectivity index (χ2v) is 4.94. The highest BCUT2D eigenvalue weighted by Crippen LogP contribution is 2.13. The lowest BCUT2D eigenvalue weighted by Gasteiger charge is -2.30. The molecule has 1 N–H and O–H groups in total. The van der Waals surface area contributed by atoms with Gasteiger partial charge in [-0.15, -0.1) is 0 Å². The predicted octanol–water partition coefficient (Wildman–Crippen LogP) is 2.40. The summed E-state index contributed by atoms with van der Waals surface area (Å²) in [6, 6.07) is -1.22. The lowest BCUT2D eigenvalue weighted by atomic mass is 10.2. The Labute approximate surface area is 112 Å². The van der Waals surface area contributed by atoms with Gasteiger partial charge < -0.3 is 9.84 Å². The van der Waals surface area contributed by atoms with Gasteiger partial charge in [-0.05, 0) is 32.7 Å². The molecule has 0 heterocycles. The maximum atomic E-state index is 12.0. The summed E-state index contributed by atoms with van der Waals surface area (Å²) in [5.74, 6) is -1.23. The van der Waals surface area contributed by atoms with E-state index < -0.39 is 23.7 Å². The van der Waals surface area contributed by atoms with Crippen LogP contribution in [0.3, 0.4) is 0 Å². The quantitative estimate of drug-likeness (QED) is 0.454. The standard InChI is InChI=1S/C11H20N4O4/c1-5-6-15(10(18)19-11(2,3)4)8(9(16)17)7-13-14-12/h8H,5-7H2,1-4H3,(H,16,17). The molecule has 0 aliphatic rings. The fourth-order valence-electron chi connectivity index (χ4n) is 1.36. The molecule has 8 heteroatoms. The second kappa shape index (κ2) is 7.48. The Balaban J connectivity index is 5.07. The van der Waals surface area contributed by atoms with Gasteiger partial charge in [-0.2, -0.15) is 0 Å². The second-order valence-electron chi connectivity index (χ2n) is 4.94. The fourth-order valence-corrected chi connectivity index (χ4v) is 1.36. The Morgan fingerprint density at radius 1 is 1.47 bits per heavy atom. The zero-order valence-corrected chi connectivity index (χ0v) is 11.7. The summed E-state index contributed by atoms with van der Waals surface area (Å²) in [6.45, 7) is 6.77. The molecule has 0 aromatic carbocycles. The minimum atomic E-state index is -1.23. The number of carbonyl (C=O) groups excluding carboxylic acids is 1. The molecule has 19 heavy (non-hydrogen) atoms. The molecular formula is C11H20N4O4. The van der Waals surface area contributed by atoms with Gasteiger partial charge in [-0.25, -0.2) is 9.59 Å². The van der Waals surface area contributed by atoms with Crippen LogP contribution in [0.5, 0.6) is 0 Å². The van der Waals surface area contributed by atoms with Crippen LogP contribution in [0, 0.1) is 0 Å². The van der Waals surface area contributed by atoms with Gasteiger partial charge >= 0.3 is 12.1 Å². The van der Waals surface area contributed by atoms with E-state index in [2.05, 4.69) is 10.0 Å². The van der Waals surface area contributed by atoms with Gasteiger partial charge in [0.2, 0.25) is 0 Å². The van der Waals surface area contributed by atoms with Gasteiger partial charge in [0.15, 0.2) is 0 Å². The first-order valence-electron chi connectivity index (χ1n) is 5.96. The highest BCUT2D eigenvalue weighted by molar-refractivity contribution is 5.80. The van der Waals surface area contributed by atoms with Crippen LogP contribution in [-0.4, -0.2) is 46.8 Å². The van der Waals surface area contributed by atoms with E-state index in [0.717, 1.165) is 4.90 Å². The van der Waals surface area contributed by atoms with Crippen molar-refractivity contribution < 1.29 is 19.4 Å². The lowest BCUT2D eigenvalue weighted by Crippen LogP contribution is -2.49. The molecule has 1 amide bonds. The minimum absolute atomic E-state index is 0.215. The minimum Gasteiger partial charge on any atom is -0.480 e. The third-order valence-electron chi connectivity index (χ3n) is 2.07. The summed E-state index contributed by atoms with van der Waals surface area (Å²) >= 11 is 0. The number of hydrogen-bond donors (Lipinski definition) is 1. The number of carbonyl (C=O) groups is 2. The molecule has 0 radical (unpaired) electrons. The number of carboxylic acids is 1. The van der Waals surface area contributed by atoms with E-state index in [4.69, 9.17) is 15.4 Å². The van der Waals surface area contributed by atoms with E-state index in [-0.39, 0.29) is 13.1 Å². The molecule has 0 saturated heterocycles. The van der Waals surface area contributed by atoms with Crippen LogP contribution < -0.4 is 0 Å². The number of carboxylic acid groups (broad SMARTS) is 1. The number of hydrogen-bond acceptors (Lipinski definition) is 4. The van der Waals surface area contributed by atoms with Crippen LogP contribution in [0.4, 0.5) is 4.79 Å². The molecule has 0 spiro atoms. The van der Waals surface area contributed by atoms with Gasteiger partial charge in [0, 0.05) is 11.5 Å². The van der Waals surface area contributed by atoms with Crippen molar-refractivity contribution in [3.05, 3.63) is 10.4 Å². The first-order valence-corrected chi connectivity index (χ1v) is 5.96. The highest BCUT2D eigenvalue weighted by Gasteiger charge is 2.31. The van der Waals surface area contributed by atoms with Gasteiger partial charge in [0.25, 0.3) is 0 Å². The monoisotopic (exact) mass is 272 g/mol. The number of nitrogens with zero attached hydrogens (tertiary/aromatic N) is 4. The average Bonchev–Trinajstić information content (AvgIpc) is 2.25. The van der Waals surface area contributed by atoms with Gasteiger partial charge in [-0.3, -0.25) is 4.90 Å². The van der Waals surface area contributed by atoms with E-state index >= 15 is 0 Å². The molecule has 0 rings (SSSR count). The Bertz CT molecular complexity index is 371. The normalized spacial score (nSPS) is 12.2. The number of rotatable bonds is 6. The van der Waals surface area contributed by atoms with Gasteiger partial charge in [0.05, 0.1) is 6.54 Å². The van der Waals surface area contributed by atoms with Crippen molar-refractivity contribution in [2.45, 2.75) is 45.8 Å². The molecule has 1 unspecified atom stereocenters. The Morgan fingerprint density at radius 3 is 2.42 bits per heavy atom. The summed E-state index contributed by atoms with van der Waals surface area (Å²) in [6.07, 6.45) is -0.158. The molecule has 0 aromatic heterocycles. The van der Waals surface area contributed by atoms with Crippen molar-refractivity contribution in [1.82, 2.24) is 4.90 Å². The van der Waals surface area contributed by atoms with E-state index in [1.54, 1.807) is 20.8 Å². The number of ether oxygens (including phenoxy) is 1. The number of aliphatic carboxylic acids is 1. The summed E-state index contributed by atoms with van der Waals surface area (Å²) in [5.41, 5.74) is 7.55. The van der Waals surface area contributed by atoms with Gasteiger partial charge in [-0.1, -0.05) is 12.0 Å². The van der Waals surface area contributed by atoms with Gasteiger partial charge in [0.1, 0.15) is 11.6 Å². The Hall–Kier alpha value is -1.95. The SMILES string of the molecule is CCCN(C(=O)OC(C)(C)C)C(CN=[N+]=[N-])C(=O)O. The summed E-state index contributed by atoms with van der Waals surface area (Å²) in [5, 5.41) is 12.3. The molecule has 8 nitrogen and oxygen atoms in total. The molecule has 108 valence electrons. The molecular weight excluding hydrogens is 252 g/mol. The molecule has 0 fully saturated rings. The smallest absolute Gasteiger partial charge is 0.411 e. The third kappa shape index (κ3) is 6.52. The Kier molecular flexibility index (Phi) is 6.71. The van der Waals surface area contributed by atoms with Crippen LogP contribution in [-0.2, 0) is 9.53 Å². The van der Waals surface area contributed by atoms with E-state index in [1.807, 2.05) is 6.92 Å². The van der Waals surface area contributed by atoms with Crippen LogP contribution in [0.2, 0.25) is 0 Å². The number of amides is 1. The predicted molar refractivity (Wildman–Crippen MR) is 68.7 cm³/mol. The molecule has 0 bridgehead atoms. The fraction of sp³-hybridized carbons (Fsp3) is 0.818. The van der Waals surface area contributed by atoms with Crippen molar-refractivity contribution in [2.24, 2.45) is 5.11 Å². The molecule has 0 saturated carbocycles. The summed E-state index contributed by atoms with van der Waals surface area (Å²) < 4.78 is 5.15. The molecule has 1 atom stereocenters. The third-order valence-corrected chi connectivity index (χ3v) is 2.07. The van der Waals surface area contributed by atoms with Crippen LogP contribution >= 0.6 is 0 Å². The summed E-state index contributed by atoms with van der Waals surface area (Å²) in [7, 11) is 0. The van der Waals surface area contributed by atoms with E-state index in [9.17, 15) is 9.59 Å². The zero-order chi connectivity index (χ0) is 15.1. The lowest BCUT2D eigenvalue weighted by molar-refractivity contribution is -0.142. The molecule has 0 aliphatic heterocycles. The first-order chi connectivity index (χ1) is 8.72. The molecule has 0 aliphatic carbocycles. The molecule has 0 aromatic rings. The first kappa shape index (κ1) is 17.1. The van der Waals surface area contributed by atoms with Crippen molar-refractivity contribution in [3.8, 4) is 0 Å². The van der Waals surface area contributed by atoms with Crippen molar-refractivity contribution in [2.75, 3.05) is 13.1 Å². The summed E-state index contributed by atoms with van der Waals surface area (Å²) in [4.78, 5) is 26.7. The Morgan fingerprint density at radius 2 is 2.05 bits per heavy atom. The number of azide groups is 1. The van der Waals surface area contributed by atoms with Crippen molar-refractivity contribution in [3.63, 3.8) is 0 Å². The topological polar surface area (TPSA) is 116 Å². The maximum absolute atomic E-state index is 12.0. The highest BCUT2D eigenvalue weighted by atomic mass is 16.6.